The highest BCUT2D eigenvalue weighted by Gasteiger charge is 2.20. The predicted octanol–water partition coefficient (Wildman–Crippen LogP) is 1.62. The van der Waals surface area contributed by atoms with Crippen LogP contribution in [-0.4, -0.2) is 22.4 Å². The molecule has 2 N–H and O–H groups in total. The molecule has 0 radical (unpaired) electrons. The van der Waals surface area contributed by atoms with Crippen molar-refractivity contribution < 1.29 is 9.53 Å². The summed E-state index contributed by atoms with van der Waals surface area (Å²) in [5.41, 5.74) is 5.51. The summed E-state index contributed by atoms with van der Waals surface area (Å²) in [5.74, 6) is 0.499. The van der Waals surface area contributed by atoms with Gasteiger partial charge in [0.25, 0.3) is 0 Å². The van der Waals surface area contributed by atoms with Gasteiger partial charge in [-0.1, -0.05) is 20.8 Å². The second kappa shape index (κ2) is 5.53. The third-order valence-corrected chi connectivity index (χ3v) is 2.17. The van der Waals surface area contributed by atoms with E-state index in [1.54, 1.807) is 16.9 Å². The molecule has 1 heterocycles. The molecule has 5 heteroatoms. The number of carbonyl (C=O) groups is 1. The van der Waals surface area contributed by atoms with Crippen molar-refractivity contribution in [1.29, 1.82) is 0 Å². The van der Waals surface area contributed by atoms with Crippen LogP contribution in [0.1, 0.15) is 33.2 Å². The van der Waals surface area contributed by atoms with E-state index in [0.717, 1.165) is 0 Å². The molecule has 0 bridgehead atoms. The van der Waals surface area contributed by atoms with Crippen LogP contribution in [0.15, 0.2) is 12.3 Å². The Morgan fingerprint density at radius 2 is 2.31 bits per heavy atom. The fraction of sp³-hybridized carbons (Fsp3) is 0.636. The normalized spacial score (nSPS) is 12.8. The van der Waals surface area contributed by atoms with Gasteiger partial charge in [0.1, 0.15) is 11.9 Å². The molecule has 0 fully saturated rings. The van der Waals surface area contributed by atoms with E-state index in [-0.39, 0.29) is 12.0 Å². The van der Waals surface area contributed by atoms with Gasteiger partial charge in [-0.3, -0.25) is 4.68 Å². The van der Waals surface area contributed by atoms with Crippen LogP contribution < -0.4 is 5.73 Å². The summed E-state index contributed by atoms with van der Waals surface area (Å²) in [6, 6.07) is 1.29. The van der Waals surface area contributed by atoms with Gasteiger partial charge < -0.3 is 10.5 Å². The summed E-state index contributed by atoms with van der Waals surface area (Å²) in [6.45, 7) is 6.35. The first-order valence-electron chi connectivity index (χ1n) is 5.51. The van der Waals surface area contributed by atoms with Crippen molar-refractivity contribution in [1.82, 2.24) is 9.78 Å². The minimum Gasteiger partial charge on any atom is -0.464 e. The number of hydrogen-bond donors (Lipinski definition) is 1. The van der Waals surface area contributed by atoms with Crippen LogP contribution >= 0.6 is 0 Å². The Morgan fingerprint density at radius 3 is 2.75 bits per heavy atom. The molecule has 90 valence electrons. The molecule has 0 aliphatic carbocycles. The summed E-state index contributed by atoms with van der Waals surface area (Å²) in [5, 5.41) is 4.02. The fourth-order valence-corrected chi connectivity index (χ4v) is 1.33. The largest absolute Gasteiger partial charge is 0.464 e. The zero-order valence-electron chi connectivity index (χ0n) is 10.0. The standard InChI is InChI=1S/C11H19N3O2/c1-4-9(11(15)16-7-8(2)3)14-6-5-10(12)13-14/h5-6,8-9H,4,7H2,1-3H3,(H2,12,13). The average Bonchev–Trinajstić information content (AvgIpc) is 2.63. The van der Waals surface area contributed by atoms with Crippen LogP contribution in [0, 0.1) is 5.92 Å². The number of aromatic nitrogens is 2. The van der Waals surface area contributed by atoms with Gasteiger partial charge in [0.05, 0.1) is 6.61 Å². The number of esters is 1. The van der Waals surface area contributed by atoms with Gasteiger partial charge in [0, 0.05) is 6.20 Å². The molecular weight excluding hydrogens is 206 g/mol. The lowest BCUT2D eigenvalue weighted by Gasteiger charge is -2.15. The summed E-state index contributed by atoms with van der Waals surface area (Å²) < 4.78 is 6.73. The van der Waals surface area contributed by atoms with E-state index in [2.05, 4.69) is 5.10 Å². The Bertz CT molecular complexity index is 347. The third-order valence-electron chi connectivity index (χ3n) is 2.17. The lowest BCUT2D eigenvalue weighted by molar-refractivity contribution is -0.149. The number of nitrogens with two attached hydrogens (primary N) is 1. The number of rotatable bonds is 5. The Hall–Kier alpha value is -1.52. The highest BCUT2D eigenvalue weighted by atomic mass is 16.5. The molecular formula is C11H19N3O2. The number of anilines is 1. The minimum atomic E-state index is -0.379. The molecule has 0 aromatic carbocycles. The number of carbonyl (C=O) groups excluding carboxylic acids is 1. The molecule has 1 unspecified atom stereocenters. The second-order valence-corrected chi connectivity index (χ2v) is 4.17. The summed E-state index contributed by atoms with van der Waals surface area (Å²) >= 11 is 0. The third kappa shape index (κ3) is 3.25. The number of nitrogens with zero attached hydrogens (tertiary/aromatic N) is 2. The molecule has 0 saturated carbocycles. The fourth-order valence-electron chi connectivity index (χ4n) is 1.33. The van der Waals surface area contributed by atoms with Gasteiger partial charge in [-0.25, -0.2) is 4.79 Å². The average molecular weight is 225 g/mol. The quantitative estimate of drug-likeness (QED) is 0.773. The van der Waals surface area contributed by atoms with Crippen molar-refractivity contribution >= 4 is 11.8 Å². The molecule has 0 aliphatic rings. The zero-order chi connectivity index (χ0) is 12.1. The summed E-state index contributed by atoms with van der Waals surface area (Å²) in [7, 11) is 0. The number of ether oxygens (including phenoxy) is 1. The Morgan fingerprint density at radius 1 is 1.62 bits per heavy atom. The minimum absolute atomic E-state index is 0.251. The molecule has 0 spiro atoms. The first-order valence-corrected chi connectivity index (χ1v) is 5.51. The molecule has 0 aliphatic heterocycles. The van der Waals surface area contributed by atoms with Crippen LogP contribution in [0.5, 0.6) is 0 Å². The van der Waals surface area contributed by atoms with Gasteiger partial charge >= 0.3 is 5.97 Å². The SMILES string of the molecule is CCC(C(=O)OCC(C)C)n1ccc(N)n1. The predicted molar refractivity (Wildman–Crippen MR) is 61.8 cm³/mol. The summed E-state index contributed by atoms with van der Waals surface area (Å²) in [6.07, 6.45) is 2.33. The van der Waals surface area contributed by atoms with E-state index in [9.17, 15) is 4.79 Å². The van der Waals surface area contributed by atoms with Crippen LogP contribution in [0.4, 0.5) is 5.82 Å². The van der Waals surface area contributed by atoms with Gasteiger partial charge in [-0.2, -0.15) is 5.10 Å². The lowest BCUT2D eigenvalue weighted by atomic mass is 10.2. The first-order chi connectivity index (χ1) is 7.54. The second-order valence-electron chi connectivity index (χ2n) is 4.17. The maximum atomic E-state index is 11.8. The van der Waals surface area contributed by atoms with E-state index in [0.29, 0.717) is 24.8 Å². The molecule has 5 nitrogen and oxygen atoms in total. The molecule has 1 atom stereocenters. The maximum Gasteiger partial charge on any atom is 0.330 e. The molecule has 1 aromatic heterocycles. The van der Waals surface area contributed by atoms with Crippen molar-refractivity contribution in [3.63, 3.8) is 0 Å². The van der Waals surface area contributed by atoms with Crippen LogP contribution in [0.3, 0.4) is 0 Å². The monoisotopic (exact) mass is 225 g/mol. The van der Waals surface area contributed by atoms with E-state index in [4.69, 9.17) is 10.5 Å². The Balaban J connectivity index is 2.63. The van der Waals surface area contributed by atoms with Crippen LogP contribution in [-0.2, 0) is 9.53 Å². The molecule has 1 aromatic rings. The topological polar surface area (TPSA) is 70.1 Å². The number of nitrogen functional groups attached to an aromatic ring is 1. The molecule has 0 saturated heterocycles. The van der Waals surface area contributed by atoms with Gasteiger partial charge in [-0.15, -0.1) is 0 Å². The van der Waals surface area contributed by atoms with Crippen LogP contribution in [0.25, 0.3) is 0 Å². The first kappa shape index (κ1) is 12.5. The Labute approximate surface area is 95.6 Å². The smallest absolute Gasteiger partial charge is 0.330 e. The van der Waals surface area contributed by atoms with Crippen molar-refractivity contribution in [2.75, 3.05) is 12.3 Å². The van der Waals surface area contributed by atoms with E-state index >= 15 is 0 Å². The van der Waals surface area contributed by atoms with Gasteiger partial charge in [-0.05, 0) is 18.4 Å². The van der Waals surface area contributed by atoms with Crippen molar-refractivity contribution in [3.05, 3.63) is 12.3 Å². The van der Waals surface area contributed by atoms with Crippen molar-refractivity contribution in [2.24, 2.45) is 5.92 Å². The van der Waals surface area contributed by atoms with E-state index < -0.39 is 0 Å². The Kier molecular flexibility index (Phi) is 4.34. The molecule has 1 rings (SSSR count). The van der Waals surface area contributed by atoms with E-state index in [1.165, 1.54) is 0 Å². The van der Waals surface area contributed by atoms with Crippen LogP contribution in [0.2, 0.25) is 0 Å². The maximum absolute atomic E-state index is 11.8. The van der Waals surface area contributed by atoms with Gasteiger partial charge in [0.2, 0.25) is 0 Å². The number of hydrogen-bond acceptors (Lipinski definition) is 4. The zero-order valence-corrected chi connectivity index (χ0v) is 10.0. The summed E-state index contributed by atoms with van der Waals surface area (Å²) in [4.78, 5) is 11.8. The lowest BCUT2D eigenvalue weighted by Crippen LogP contribution is -2.23. The van der Waals surface area contributed by atoms with E-state index in [1.807, 2.05) is 20.8 Å². The highest BCUT2D eigenvalue weighted by Crippen LogP contribution is 2.14. The van der Waals surface area contributed by atoms with Crippen molar-refractivity contribution in [3.8, 4) is 0 Å². The highest BCUT2D eigenvalue weighted by molar-refractivity contribution is 5.74. The molecule has 16 heavy (non-hydrogen) atoms. The van der Waals surface area contributed by atoms with Gasteiger partial charge in [0.15, 0.2) is 0 Å². The molecule has 0 amide bonds. The van der Waals surface area contributed by atoms with Crippen molar-refractivity contribution in [2.45, 2.75) is 33.2 Å².